The molecule has 2 N–H and O–H groups in total. The van der Waals surface area contributed by atoms with Crippen LogP contribution in [0.3, 0.4) is 0 Å². The van der Waals surface area contributed by atoms with E-state index in [9.17, 15) is 9.18 Å². The molecule has 0 spiro atoms. The summed E-state index contributed by atoms with van der Waals surface area (Å²) in [6.45, 7) is 8.37. The van der Waals surface area contributed by atoms with Gasteiger partial charge in [0.2, 0.25) is 0 Å². The first-order valence-electron chi connectivity index (χ1n) is 11.2. The molecule has 0 unspecified atom stereocenters. The summed E-state index contributed by atoms with van der Waals surface area (Å²) in [5.41, 5.74) is 1.97. The summed E-state index contributed by atoms with van der Waals surface area (Å²) in [5.74, 6) is 0.984. The molecule has 0 saturated carbocycles. The van der Waals surface area contributed by atoms with Crippen molar-refractivity contribution in [2.75, 3.05) is 70.9 Å². The maximum absolute atomic E-state index is 13.9. The van der Waals surface area contributed by atoms with Crippen molar-refractivity contribution in [2.24, 2.45) is 0 Å². The molecule has 2 aliphatic rings. The van der Waals surface area contributed by atoms with Crippen molar-refractivity contribution in [3.8, 4) is 5.75 Å². The Morgan fingerprint density at radius 1 is 0.935 bits per heavy atom. The number of hydrogen-bond donors (Lipinski definition) is 2. The molecule has 6 nitrogen and oxygen atoms in total. The lowest BCUT2D eigenvalue weighted by atomic mass is 10.2. The molecular formula is C24H33FN4O2+2. The Labute approximate surface area is 183 Å². The van der Waals surface area contributed by atoms with Crippen LogP contribution in [0.25, 0.3) is 0 Å². The summed E-state index contributed by atoms with van der Waals surface area (Å²) in [5, 5.41) is 0. The third-order valence-corrected chi connectivity index (χ3v) is 6.53. The number of amides is 1. The third-order valence-electron chi connectivity index (χ3n) is 6.53. The van der Waals surface area contributed by atoms with Gasteiger partial charge in [-0.2, -0.15) is 0 Å². The normalized spacial score (nSPS) is 18.3. The van der Waals surface area contributed by atoms with E-state index in [0.717, 1.165) is 63.7 Å². The van der Waals surface area contributed by atoms with Gasteiger partial charge in [0.05, 0.1) is 59.5 Å². The van der Waals surface area contributed by atoms with Crippen LogP contribution in [-0.4, -0.2) is 76.8 Å². The van der Waals surface area contributed by atoms with Gasteiger partial charge < -0.3 is 24.3 Å². The molecule has 2 heterocycles. The van der Waals surface area contributed by atoms with Crippen molar-refractivity contribution in [1.29, 1.82) is 0 Å². The van der Waals surface area contributed by atoms with Crippen LogP contribution in [0, 0.1) is 5.82 Å². The molecule has 2 aliphatic heterocycles. The number of carbonyl (C=O) groups excluding carboxylic acids is 1. The Morgan fingerprint density at radius 2 is 1.58 bits per heavy atom. The lowest BCUT2D eigenvalue weighted by Gasteiger charge is -2.36. The Balaban J connectivity index is 1.19. The number of piperazine rings is 2. The number of methoxy groups -OCH3 is 1. The van der Waals surface area contributed by atoms with E-state index in [1.165, 1.54) is 21.6 Å². The monoisotopic (exact) mass is 428 g/mol. The van der Waals surface area contributed by atoms with Gasteiger partial charge in [-0.1, -0.05) is 18.2 Å². The average molecular weight is 429 g/mol. The summed E-state index contributed by atoms with van der Waals surface area (Å²) in [6.07, 6.45) is 0. The highest BCUT2D eigenvalue weighted by Crippen LogP contribution is 2.18. The number of nitrogens with one attached hydrogen (secondary N) is 2. The molecule has 0 bridgehead atoms. The standard InChI is InChI=1S/C24H31FN4O2/c1-31-22-8-6-21(7-9-22)28-14-10-27(11-15-28)19-24(30)29-16-12-26(13-17-29)18-20-4-2-3-5-23(20)25/h2-9H,10-19H2,1H3/p+2. The second-order valence-electron chi connectivity index (χ2n) is 8.51. The summed E-state index contributed by atoms with van der Waals surface area (Å²) in [4.78, 5) is 19.9. The van der Waals surface area contributed by atoms with Crippen molar-refractivity contribution in [1.82, 2.24) is 4.90 Å². The van der Waals surface area contributed by atoms with Gasteiger partial charge in [0.1, 0.15) is 18.1 Å². The Bertz CT molecular complexity index is 860. The topological polar surface area (TPSA) is 41.7 Å². The van der Waals surface area contributed by atoms with Crippen LogP contribution in [-0.2, 0) is 11.3 Å². The first-order chi connectivity index (χ1) is 15.1. The highest BCUT2D eigenvalue weighted by molar-refractivity contribution is 5.77. The molecule has 2 aromatic rings. The molecule has 0 atom stereocenters. The first-order valence-corrected chi connectivity index (χ1v) is 11.2. The number of halogens is 1. The average Bonchev–Trinajstić information content (AvgIpc) is 2.81. The first kappa shape index (κ1) is 21.6. The molecule has 0 radical (unpaired) electrons. The number of ether oxygens (including phenoxy) is 1. The summed E-state index contributed by atoms with van der Waals surface area (Å²) >= 11 is 0. The van der Waals surface area contributed by atoms with Gasteiger partial charge in [0, 0.05) is 11.3 Å². The van der Waals surface area contributed by atoms with Crippen LogP contribution in [0.1, 0.15) is 5.56 Å². The number of anilines is 1. The molecule has 2 fully saturated rings. The van der Waals surface area contributed by atoms with Crippen LogP contribution in [0.2, 0.25) is 0 Å². The van der Waals surface area contributed by atoms with E-state index in [1.54, 1.807) is 13.2 Å². The highest BCUT2D eigenvalue weighted by Gasteiger charge is 2.28. The van der Waals surface area contributed by atoms with Gasteiger partial charge >= 0.3 is 0 Å². The smallest absolute Gasteiger partial charge is 0.278 e. The van der Waals surface area contributed by atoms with Crippen LogP contribution >= 0.6 is 0 Å². The highest BCUT2D eigenvalue weighted by atomic mass is 19.1. The minimum absolute atomic E-state index is 0.133. The number of benzene rings is 2. The number of hydrogen-bond acceptors (Lipinski definition) is 3. The zero-order chi connectivity index (χ0) is 21.6. The van der Waals surface area contributed by atoms with Gasteiger partial charge in [-0.15, -0.1) is 0 Å². The molecule has 2 aromatic carbocycles. The summed E-state index contributed by atoms with van der Waals surface area (Å²) in [7, 11) is 1.68. The van der Waals surface area contributed by atoms with Crippen LogP contribution in [0.5, 0.6) is 5.75 Å². The molecule has 4 rings (SSSR count). The third kappa shape index (κ3) is 5.54. The molecule has 7 heteroatoms. The van der Waals surface area contributed by atoms with Gasteiger partial charge in [-0.3, -0.25) is 4.79 Å². The molecule has 1 amide bonds. The van der Waals surface area contributed by atoms with E-state index in [-0.39, 0.29) is 11.7 Å². The van der Waals surface area contributed by atoms with Gasteiger partial charge in [0.15, 0.2) is 6.54 Å². The van der Waals surface area contributed by atoms with E-state index in [2.05, 4.69) is 17.0 Å². The second-order valence-corrected chi connectivity index (χ2v) is 8.51. The van der Waals surface area contributed by atoms with Crippen LogP contribution < -0.4 is 19.4 Å². The van der Waals surface area contributed by atoms with Gasteiger partial charge in [-0.05, 0) is 30.3 Å². The van der Waals surface area contributed by atoms with Crippen molar-refractivity contribution in [3.63, 3.8) is 0 Å². The Hall–Kier alpha value is -2.64. The van der Waals surface area contributed by atoms with E-state index in [0.29, 0.717) is 13.1 Å². The summed E-state index contributed by atoms with van der Waals surface area (Å²) in [6, 6.07) is 15.2. The van der Waals surface area contributed by atoms with E-state index in [4.69, 9.17) is 4.74 Å². The lowest BCUT2D eigenvalue weighted by Crippen LogP contribution is -3.16. The van der Waals surface area contributed by atoms with Crippen LogP contribution in [0.4, 0.5) is 10.1 Å². The fraction of sp³-hybridized carbons (Fsp3) is 0.458. The number of carbonyl (C=O) groups is 1. The van der Waals surface area contributed by atoms with Crippen molar-refractivity contribution in [3.05, 3.63) is 59.9 Å². The number of nitrogens with zero attached hydrogens (tertiary/aromatic N) is 2. The molecule has 166 valence electrons. The largest absolute Gasteiger partial charge is 0.497 e. The van der Waals surface area contributed by atoms with Crippen LogP contribution in [0.15, 0.2) is 48.5 Å². The second kappa shape index (κ2) is 10.1. The lowest BCUT2D eigenvalue weighted by molar-refractivity contribution is -0.918. The zero-order valence-corrected chi connectivity index (χ0v) is 18.3. The predicted molar refractivity (Wildman–Crippen MR) is 118 cm³/mol. The molecule has 31 heavy (non-hydrogen) atoms. The molecule has 0 aromatic heterocycles. The number of rotatable bonds is 6. The van der Waals surface area contributed by atoms with Crippen molar-refractivity contribution in [2.45, 2.75) is 6.54 Å². The minimum atomic E-state index is -0.133. The van der Waals surface area contributed by atoms with Crippen molar-refractivity contribution >= 4 is 11.6 Å². The maximum atomic E-state index is 13.9. The van der Waals surface area contributed by atoms with Gasteiger partial charge in [0.25, 0.3) is 5.91 Å². The minimum Gasteiger partial charge on any atom is -0.497 e. The van der Waals surface area contributed by atoms with Gasteiger partial charge in [-0.25, -0.2) is 4.39 Å². The Morgan fingerprint density at radius 3 is 2.23 bits per heavy atom. The SMILES string of the molecule is COc1ccc(N2CC[NH+](CC(=O)N3CC[NH+](Cc4ccccc4F)CC3)CC2)cc1. The number of quaternary nitrogens is 2. The predicted octanol–water partition coefficient (Wildman–Crippen LogP) is -0.533. The quantitative estimate of drug-likeness (QED) is 0.650. The molecule has 0 aliphatic carbocycles. The zero-order valence-electron chi connectivity index (χ0n) is 18.3. The Kier molecular flexibility index (Phi) is 7.04. The van der Waals surface area contributed by atoms with E-state index >= 15 is 0 Å². The maximum Gasteiger partial charge on any atom is 0.278 e. The van der Waals surface area contributed by atoms with E-state index in [1.807, 2.05) is 29.2 Å². The fourth-order valence-electron chi connectivity index (χ4n) is 4.54. The van der Waals surface area contributed by atoms with Crippen molar-refractivity contribution < 1.29 is 23.7 Å². The molecular weight excluding hydrogens is 395 g/mol. The fourth-order valence-corrected chi connectivity index (χ4v) is 4.54. The molecule has 2 saturated heterocycles. The van der Waals surface area contributed by atoms with E-state index < -0.39 is 0 Å². The summed E-state index contributed by atoms with van der Waals surface area (Å²) < 4.78 is 19.1.